The first-order valence-electron chi connectivity index (χ1n) is 5.87. The molecule has 0 aliphatic carbocycles. The molecule has 3 amide bonds. The van der Waals surface area contributed by atoms with Crippen molar-refractivity contribution in [1.29, 1.82) is 0 Å². The summed E-state index contributed by atoms with van der Waals surface area (Å²) in [5, 5.41) is 6.09. The predicted molar refractivity (Wildman–Crippen MR) is 65.9 cm³/mol. The van der Waals surface area contributed by atoms with E-state index in [-0.39, 0.29) is 17.9 Å². The molecule has 1 aliphatic heterocycles. The Morgan fingerprint density at radius 1 is 1.58 bits per heavy atom. The predicted octanol–water partition coefficient (Wildman–Crippen LogP) is -1.12. The molecule has 1 aromatic heterocycles. The van der Waals surface area contributed by atoms with Crippen LogP contribution in [-0.2, 0) is 16.6 Å². The molecule has 19 heavy (non-hydrogen) atoms. The lowest BCUT2D eigenvalue weighted by Crippen LogP contribution is -2.59. The van der Waals surface area contributed by atoms with E-state index in [1.807, 2.05) is 0 Å². The van der Waals surface area contributed by atoms with E-state index in [1.165, 1.54) is 15.8 Å². The lowest BCUT2D eigenvalue weighted by atomic mass is 10.1. The van der Waals surface area contributed by atoms with Gasteiger partial charge in [-0.05, 0) is 6.42 Å². The number of nitrogens with zero attached hydrogens (tertiary/aromatic N) is 3. The summed E-state index contributed by atoms with van der Waals surface area (Å²) < 4.78 is 1.33. The average molecular weight is 265 g/mol. The third-order valence-corrected chi connectivity index (χ3v) is 3.07. The minimum Gasteiger partial charge on any atom is -0.396 e. The van der Waals surface area contributed by atoms with Crippen molar-refractivity contribution in [1.82, 2.24) is 20.0 Å². The monoisotopic (exact) mass is 265 g/mol. The summed E-state index contributed by atoms with van der Waals surface area (Å²) in [6, 6.07) is -0.667. The average Bonchev–Trinajstić information content (AvgIpc) is 2.67. The molecule has 2 rings (SSSR count). The molecule has 0 spiro atoms. The van der Waals surface area contributed by atoms with Crippen molar-refractivity contribution >= 4 is 23.4 Å². The van der Waals surface area contributed by atoms with Crippen LogP contribution in [0, 0.1) is 0 Å². The maximum absolute atomic E-state index is 12.4. The van der Waals surface area contributed by atoms with Crippen LogP contribution >= 0.6 is 0 Å². The van der Waals surface area contributed by atoms with Gasteiger partial charge < -0.3 is 10.6 Å². The molecule has 102 valence electrons. The van der Waals surface area contributed by atoms with Crippen LogP contribution in [0.1, 0.15) is 23.8 Å². The SMILES string of the molecule is CCC1C(=O)NC(=O)CN1C(=O)c1c(N)cnn1C. The maximum Gasteiger partial charge on any atom is 0.275 e. The number of hydrogen-bond donors (Lipinski definition) is 2. The Morgan fingerprint density at radius 2 is 2.26 bits per heavy atom. The Hall–Kier alpha value is -2.38. The maximum atomic E-state index is 12.4. The molecule has 0 bridgehead atoms. The van der Waals surface area contributed by atoms with Gasteiger partial charge in [0.2, 0.25) is 11.8 Å². The van der Waals surface area contributed by atoms with Gasteiger partial charge in [-0.2, -0.15) is 5.10 Å². The number of carbonyl (C=O) groups is 3. The summed E-state index contributed by atoms with van der Waals surface area (Å²) >= 11 is 0. The summed E-state index contributed by atoms with van der Waals surface area (Å²) in [6.07, 6.45) is 1.78. The van der Waals surface area contributed by atoms with Crippen molar-refractivity contribution < 1.29 is 14.4 Å². The number of carbonyl (C=O) groups excluding carboxylic acids is 3. The van der Waals surface area contributed by atoms with Gasteiger partial charge >= 0.3 is 0 Å². The number of amides is 3. The zero-order valence-electron chi connectivity index (χ0n) is 10.7. The minimum atomic E-state index is -0.667. The molecular formula is C11H15N5O3. The second kappa shape index (κ2) is 4.71. The lowest BCUT2D eigenvalue weighted by Gasteiger charge is -2.33. The third kappa shape index (κ3) is 2.16. The van der Waals surface area contributed by atoms with Crippen LogP contribution in [0.5, 0.6) is 0 Å². The van der Waals surface area contributed by atoms with Crippen LogP contribution in [-0.4, -0.2) is 45.0 Å². The van der Waals surface area contributed by atoms with Crippen molar-refractivity contribution in [3.63, 3.8) is 0 Å². The quantitative estimate of drug-likeness (QED) is 0.658. The highest BCUT2D eigenvalue weighted by molar-refractivity contribution is 6.08. The number of hydrogen-bond acceptors (Lipinski definition) is 5. The topological polar surface area (TPSA) is 110 Å². The molecule has 0 radical (unpaired) electrons. The van der Waals surface area contributed by atoms with E-state index in [0.717, 1.165) is 0 Å². The van der Waals surface area contributed by atoms with Crippen LogP contribution in [0.25, 0.3) is 0 Å². The van der Waals surface area contributed by atoms with Gasteiger partial charge in [0.15, 0.2) is 0 Å². The number of rotatable bonds is 2. The molecule has 0 aromatic carbocycles. The fourth-order valence-corrected chi connectivity index (χ4v) is 2.14. The smallest absolute Gasteiger partial charge is 0.275 e. The number of imide groups is 1. The summed E-state index contributed by atoms with van der Waals surface area (Å²) in [5.41, 5.74) is 6.09. The van der Waals surface area contributed by atoms with Gasteiger partial charge in [0, 0.05) is 7.05 Å². The Kier molecular flexibility index (Phi) is 3.24. The largest absolute Gasteiger partial charge is 0.396 e. The van der Waals surface area contributed by atoms with Crippen LogP contribution in [0.15, 0.2) is 6.20 Å². The lowest BCUT2D eigenvalue weighted by molar-refractivity contribution is -0.138. The number of aromatic nitrogens is 2. The van der Waals surface area contributed by atoms with Crippen LogP contribution in [0.4, 0.5) is 5.69 Å². The molecule has 1 aliphatic rings. The van der Waals surface area contributed by atoms with Gasteiger partial charge in [-0.25, -0.2) is 0 Å². The van der Waals surface area contributed by atoms with Crippen molar-refractivity contribution in [3.05, 3.63) is 11.9 Å². The van der Waals surface area contributed by atoms with E-state index in [2.05, 4.69) is 10.4 Å². The van der Waals surface area contributed by atoms with Crippen molar-refractivity contribution in [2.24, 2.45) is 7.05 Å². The zero-order valence-corrected chi connectivity index (χ0v) is 10.7. The van der Waals surface area contributed by atoms with Crippen LogP contribution < -0.4 is 11.1 Å². The highest BCUT2D eigenvalue weighted by Gasteiger charge is 2.37. The molecule has 1 atom stereocenters. The Morgan fingerprint density at radius 3 is 2.79 bits per heavy atom. The normalized spacial score (nSPS) is 19.5. The molecular weight excluding hydrogens is 250 g/mol. The van der Waals surface area contributed by atoms with Gasteiger partial charge in [-0.1, -0.05) is 6.92 Å². The fourth-order valence-electron chi connectivity index (χ4n) is 2.14. The fraction of sp³-hybridized carbons (Fsp3) is 0.455. The molecule has 1 unspecified atom stereocenters. The molecule has 1 fully saturated rings. The van der Waals surface area contributed by atoms with Gasteiger partial charge in [-0.3, -0.25) is 24.4 Å². The van der Waals surface area contributed by atoms with E-state index in [1.54, 1.807) is 14.0 Å². The van der Waals surface area contributed by atoms with Gasteiger partial charge in [0.1, 0.15) is 18.3 Å². The first kappa shape index (κ1) is 13.1. The summed E-state index contributed by atoms with van der Waals surface area (Å²) in [5.74, 6) is -1.43. The van der Waals surface area contributed by atoms with Crippen molar-refractivity contribution in [2.75, 3.05) is 12.3 Å². The molecule has 8 heteroatoms. The standard InChI is InChI=1S/C11H15N5O3/c1-3-7-10(18)14-8(17)5-16(7)11(19)9-6(12)4-13-15(9)2/h4,7H,3,5,12H2,1-2H3,(H,14,17,18). The van der Waals surface area contributed by atoms with Crippen molar-refractivity contribution in [3.8, 4) is 0 Å². The number of piperazine rings is 1. The van der Waals surface area contributed by atoms with E-state index < -0.39 is 23.8 Å². The van der Waals surface area contributed by atoms with E-state index >= 15 is 0 Å². The zero-order chi connectivity index (χ0) is 14.2. The molecule has 1 aromatic rings. The Labute approximate surface area is 109 Å². The van der Waals surface area contributed by atoms with E-state index in [0.29, 0.717) is 6.42 Å². The molecule has 0 saturated carbocycles. The first-order chi connectivity index (χ1) is 8.95. The van der Waals surface area contributed by atoms with E-state index in [9.17, 15) is 14.4 Å². The second-order valence-corrected chi connectivity index (χ2v) is 4.34. The van der Waals surface area contributed by atoms with Crippen molar-refractivity contribution in [2.45, 2.75) is 19.4 Å². The highest BCUT2D eigenvalue weighted by atomic mass is 16.2. The van der Waals surface area contributed by atoms with E-state index in [4.69, 9.17) is 5.73 Å². The van der Waals surface area contributed by atoms with Crippen LogP contribution in [0.3, 0.4) is 0 Å². The molecule has 2 heterocycles. The first-order valence-corrected chi connectivity index (χ1v) is 5.87. The van der Waals surface area contributed by atoms with Crippen LogP contribution in [0.2, 0.25) is 0 Å². The molecule has 8 nitrogen and oxygen atoms in total. The Balaban J connectivity index is 2.36. The van der Waals surface area contributed by atoms with Gasteiger partial charge in [0.25, 0.3) is 5.91 Å². The third-order valence-electron chi connectivity index (χ3n) is 3.07. The second-order valence-electron chi connectivity index (χ2n) is 4.34. The summed E-state index contributed by atoms with van der Waals surface area (Å²) in [4.78, 5) is 36.8. The number of aryl methyl sites for hydroxylation is 1. The molecule has 3 N–H and O–H groups in total. The number of nitrogens with one attached hydrogen (secondary N) is 1. The summed E-state index contributed by atoms with van der Waals surface area (Å²) in [7, 11) is 1.58. The summed E-state index contributed by atoms with van der Waals surface area (Å²) in [6.45, 7) is 1.61. The van der Waals surface area contributed by atoms with Gasteiger partial charge in [-0.15, -0.1) is 0 Å². The highest BCUT2D eigenvalue weighted by Crippen LogP contribution is 2.17. The Bertz CT molecular complexity index is 531. The number of anilines is 1. The van der Waals surface area contributed by atoms with Gasteiger partial charge in [0.05, 0.1) is 11.9 Å². The molecule has 1 saturated heterocycles. The minimum absolute atomic E-state index is 0.159. The number of nitrogen functional groups attached to an aromatic ring is 1. The number of nitrogens with two attached hydrogens (primary N) is 1.